The molecule has 1 atom stereocenters. The van der Waals surface area contributed by atoms with Crippen LogP contribution < -0.4 is 0 Å². The molecule has 1 saturated heterocycles. The van der Waals surface area contributed by atoms with Gasteiger partial charge >= 0.3 is 0 Å². The van der Waals surface area contributed by atoms with E-state index in [1.54, 1.807) is 17.2 Å². The smallest absolute Gasteiger partial charge is 0.266 e. The highest BCUT2D eigenvalue weighted by Gasteiger charge is 2.35. The van der Waals surface area contributed by atoms with Crippen molar-refractivity contribution in [1.29, 1.82) is 0 Å². The average Bonchev–Trinajstić information content (AvgIpc) is 3.18. The van der Waals surface area contributed by atoms with E-state index in [2.05, 4.69) is 15.0 Å². The van der Waals surface area contributed by atoms with Gasteiger partial charge in [-0.15, -0.1) is 0 Å². The molecule has 2 aliphatic rings. The molecule has 0 spiro atoms. The van der Waals surface area contributed by atoms with Crippen molar-refractivity contribution in [1.82, 2.24) is 14.8 Å². The third-order valence-electron chi connectivity index (χ3n) is 4.99. The van der Waals surface area contributed by atoms with Gasteiger partial charge in [0.15, 0.2) is 0 Å². The van der Waals surface area contributed by atoms with E-state index in [4.69, 9.17) is 16.4 Å². The zero-order valence-electron chi connectivity index (χ0n) is 15.2. The van der Waals surface area contributed by atoms with Crippen LogP contribution in [0.25, 0.3) is 0 Å². The molecule has 0 N–H and O–H groups in total. The van der Waals surface area contributed by atoms with Gasteiger partial charge in [0.05, 0.1) is 22.0 Å². The highest BCUT2D eigenvalue weighted by Crippen LogP contribution is 2.26. The Kier molecular flexibility index (Phi) is 5.54. The van der Waals surface area contributed by atoms with E-state index < -0.39 is 11.9 Å². The molecule has 28 heavy (non-hydrogen) atoms. The van der Waals surface area contributed by atoms with Crippen LogP contribution in [-0.4, -0.2) is 58.7 Å². The highest BCUT2D eigenvalue weighted by atomic mass is 35.5. The van der Waals surface area contributed by atoms with Crippen molar-refractivity contribution in [3.63, 3.8) is 0 Å². The minimum atomic E-state index is -0.729. The fourth-order valence-corrected chi connectivity index (χ4v) is 3.75. The molecular formula is C20H20ClFN4O2. The Morgan fingerprint density at radius 2 is 2.00 bits per heavy atom. The number of hydrogen-bond acceptors (Lipinski definition) is 5. The van der Waals surface area contributed by atoms with Gasteiger partial charge in [0.25, 0.3) is 5.91 Å². The minimum absolute atomic E-state index is 0.122. The Morgan fingerprint density at radius 3 is 2.71 bits per heavy atom. The van der Waals surface area contributed by atoms with Crippen molar-refractivity contribution in [2.45, 2.75) is 19.1 Å². The fourth-order valence-electron chi connectivity index (χ4n) is 3.48. The lowest BCUT2D eigenvalue weighted by Gasteiger charge is -2.35. The summed E-state index contributed by atoms with van der Waals surface area (Å²) in [7, 11) is 0. The summed E-state index contributed by atoms with van der Waals surface area (Å²) in [5.41, 5.74) is 1.59. The normalized spacial score (nSPS) is 20.0. The quantitative estimate of drug-likeness (QED) is 0.789. The van der Waals surface area contributed by atoms with Crippen molar-refractivity contribution >= 4 is 23.2 Å². The second kappa shape index (κ2) is 8.24. The third kappa shape index (κ3) is 4.00. The standard InChI is InChI=1S/C20H20ClFN4O2/c21-15-5-3-6-16(22)19(15)17-12-18(28-24-17)20(27)26-10-8-25(9-11-26)13-14-4-1-2-7-23-14/h1-7,18H,8-13H2/t18-/m0/s1. The van der Waals surface area contributed by atoms with Crippen LogP contribution in [0.2, 0.25) is 5.02 Å². The van der Waals surface area contributed by atoms with Crippen LogP contribution in [-0.2, 0) is 16.2 Å². The maximum atomic E-state index is 14.1. The largest absolute Gasteiger partial charge is 0.382 e. The van der Waals surface area contributed by atoms with Gasteiger partial charge in [0.2, 0.25) is 6.10 Å². The van der Waals surface area contributed by atoms with Gasteiger partial charge in [-0.25, -0.2) is 4.39 Å². The Hall–Kier alpha value is -2.51. The number of carbonyl (C=O) groups is 1. The van der Waals surface area contributed by atoms with E-state index in [-0.39, 0.29) is 22.9 Å². The van der Waals surface area contributed by atoms with Gasteiger partial charge in [0.1, 0.15) is 5.82 Å². The maximum absolute atomic E-state index is 14.1. The molecule has 2 aromatic rings. The van der Waals surface area contributed by atoms with E-state index >= 15 is 0 Å². The summed E-state index contributed by atoms with van der Waals surface area (Å²) in [6.07, 6.45) is 1.27. The van der Waals surface area contributed by atoms with Gasteiger partial charge in [-0.05, 0) is 24.3 Å². The van der Waals surface area contributed by atoms with Crippen LogP contribution in [0, 0.1) is 5.82 Å². The molecule has 1 amide bonds. The summed E-state index contributed by atoms with van der Waals surface area (Å²) in [5, 5.41) is 4.18. The molecule has 2 aliphatic heterocycles. The Bertz CT molecular complexity index is 865. The third-order valence-corrected chi connectivity index (χ3v) is 5.31. The van der Waals surface area contributed by atoms with Crippen molar-refractivity contribution in [3.8, 4) is 0 Å². The summed E-state index contributed by atoms with van der Waals surface area (Å²) < 4.78 is 14.1. The number of oxime groups is 1. The van der Waals surface area contributed by atoms with Crippen LogP contribution in [0.3, 0.4) is 0 Å². The van der Waals surface area contributed by atoms with Crippen molar-refractivity contribution in [2.24, 2.45) is 5.16 Å². The molecule has 0 unspecified atom stereocenters. The van der Waals surface area contributed by atoms with Gasteiger partial charge in [-0.1, -0.05) is 28.9 Å². The lowest BCUT2D eigenvalue weighted by atomic mass is 10.0. The molecule has 0 radical (unpaired) electrons. The number of benzene rings is 1. The predicted molar refractivity (Wildman–Crippen MR) is 104 cm³/mol. The summed E-state index contributed by atoms with van der Waals surface area (Å²) in [4.78, 5) is 26.5. The zero-order chi connectivity index (χ0) is 19.5. The van der Waals surface area contributed by atoms with E-state index in [1.165, 1.54) is 12.1 Å². The summed E-state index contributed by atoms with van der Waals surface area (Å²) in [6, 6.07) is 10.3. The van der Waals surface area contributed by atoms with Gasteiger partial charge in [-0.2, -0.15) is 0 Å². The van der Waals surface area contributed by atoms with Crippen LogP contribution in [0.15, 0.2) is 47.8 Å². The Balaban J connectivity index is 1.32. The van der Waals surface area contributed by atoms with Crippen LogP contribution in [0.1, 0.15) is 17.7 Å². The topological polar surface area (TPSA) is 58.0 Å². The van der Waals surface area contributed by atoms with E-state index in [0.29, 0.717) is 18.8 Å². The second-order valence-corrected chi connectivity index (χ2v) is 7.26. The minimum Gasteiger partial charge on any atom is -0.382 e. The number of carbonyl (C=O) groups excluding carboxylic acids is 1. The lowest BCUT2D eigenvalue weighted by molar-refractivity contribution is -0.143. The molecule has 0 bridgehead atoms. The number of amides is 1. The number of aromatic nitrogens is 1. The zero-order valence-corrected chi connectivity index (χ0v) is 16.0. The number of piperazine rings is 1. The Labute approximate surface area is 167 Å². The predicted octanol–water partition coefficient (Wildman–Crippen LogP) is 2.71. The van der Waals surface area contributed by atoms with Crippen molar-refractivity contribution in [2.75, 3.05) is 26.2 Å². The first kappa shape index (κ1) is 18.8. The van der Waals surface area contributed by atoms with E-state index in [1.807, 2.05) is 18.2 Å². The first-order chi connectivity index (χ1) is 13.6. The molecule has 1 aromatic heterocycles. The van der Waals surface area contributed by atoms with Gasteiger partial charge in [0, 0.05) is 45.3 Å². The SMILES string of the molecule is O=C([C@@H]1CC(c2c(F)cccc2Cl)=NO1)N1CCN(Cc2ccccn2)CC1. The van der Waals surface area contributed by atoms with E-state index in [0.717, 1.165) is 25.3 Å². The monoisotopic (exact) mass is 402 g/mol. The molecule has 146 valence electrons. The first-order valence-electron chi connectivity index (χ1n) is 9.20. The molecule has 0 saturated carbocycles. The molecular weight excluding hydrogens is 383 g/mol. The number of rotatable bonds is 4. The highest BCUT2D eigenvalue weighted by molar-refractivity contribution is 6.34. The van der Waals surface area contributed by atoms with Crippen molar-refractivity contribution < 1.29 is 14.0 Å². The molecule has 1 aromatic carbocycles. The molecule has 6 nitrogen and oxygen atoms in total. The van der Waals surface area contributed by atoms with Crippen LogP contribution in [0.4, 0.5) is 4.39 Å². The van der Waals surface area contributed by atoms with Crippen LogP contribution in [0.5, 0.6) is 0 Å². The molecule has 1 fully saturated rings. The number of pyridine rings is 1. The Morgan fingerprint density at radius 1 is 1.18 bits per heavy atom. The molecule has 4 rings (SSSR count). The number of hydrogen-bond donors (Lipinski definition) is 0. The second-order valence-electron chi connectivity index (χ2n) is 6.86. The summed E-state index contributed by atoms with van der Waals surface area (Å²) >= 11 is 6.09. The van der Waals surface area contributed by atoms with E-state index in [9.17, 15) is 9.18 Å². The summed E-state index contributed by atoms with van der Waals surface area (Å²) in [5.74, 6) is -0.588. The van der Waals surface area contributed by atoms with Crippen molar-refractivity contribution in [3.05, 3.63) is 64.7 Å². The summed E-state index contributed by atoms with van der Waals surface area (Å²) in [6.45, 7) is 3.52. The average molecular weight is 403 g/mol. The first-order valence-corrected chi connectivity index (χ1v) is 9.58. The number of halogens is 2. The fraction of sp³-hybridized carbons (Fsp3) is 0.350. The maximum Gasteiger partial charge on any atom is 0.266 e. The van der Waals surface area contributed by atoms with Crippen LogP contribution >= 0.6 is 11.6 Å². The van der Waals surface area contributed by atoms with Gasteiger partial charge < -0.3 is 9.74 Å². The number of nitrogens with zero attached hydrogens (tertiary/aromatic N) is 4. The molecule has 0 aliphatic carbocycles. The lowest BCUT2D eigenvalue weighted by Crippen LogP contribution is -2.51. The molecule has 8 heteroatoms. The molecule has 3 heterocycles. The van der Waals surface area contributed by atoms with Gasteiger partial charge in [-0.3, -0.25) is 14.7 Å².